The first-order valence-corrected chi connectivity index (χ1v) is 7.02. The number of nitrogens with zero attached hydrogens (tertiary/aromatic N) is 1. The molecular weight excluding hydrogens is 270 g/mol. The Hall–Kier alpha value is -1.79. The van der Waals surface area contributed by atoms with Crippen LogP contribution in [0.4, 0.5) is 11.4 Å². The normalized spacial score (nSPS) is 12.2. The van der Waals surface area contributed by atoms with Gasteiger partial charge in [0, 0.05) is 19.0 Å². The van der Waals surface area contributed by atoms with Crippen LogP contribution in [0.15, 0.2) is 18.2 Å². The van der Waals surface area contributed by atoms with Gasteiger partial charge >= 0.3 is 0 Å². The lowest BCUT2D eigenvalue weighted by molar-refractivity contribution is -0.116. The number of methoxy groups -OCH3 is 1. The summed E-state index contributed by atoms with van der Waals surface area (Å²) in [7, 11) is 3.49. The van der Waals surface area contributed by atoms with Crippen LogP contribution in [-0.2, 0) is 4.79 Å². The summed E-state index contributed by atoms with van der Waals surface area (Å²) in [6, 6.07) is 5.15. The number of nitrogen functional groups attached to an aromatic ring is 1. The minimum absolute atomic E-state index is 0.0719. The molecule has 0 saturated carbocycles. The van der Waals surface area contributed by atoms with Gasteiger partial charge < -0.3 is 25.8 Å². The molecule has 118 valence electrons. The van der Waals surface area contributed by atoms with Gasteiger partial charge in [0.1, 0.15) is 5.75 Å². The highest BCUT2D eigenvalue weighted by atomic mass is 16.5. The van der Waals surface area contributed by atoms with E-state index >= 15 is 0 Å². The number of carbonyl (C=O) groups is 1. The minimum Gasteiger partial charge on any atom is -0.497 e. The van der Waals surface area contributed by atoms with Crippen molar-refractivity contribution in [2.75, 3.05) is 38.3 Å². The molecule has 0 radical (unpaired) electrons. The number of likely N-dealkylation sites (N-methyl/N-ethyl adjacent to an activating group) is 1. The summed E-state index contributed by atoms with van der Waals surface area (Å²) in [6.07, 6.45) is 0.781. The average molecular weight is 295 g/mol. The standard InChI is InChI=1S/C15H25N3O3/c1-11(19)10-18(2)8-4-5-15(20)17-14-7-6-12(21-3)9-13(14)16/h6-7,9,11,19H,4-5,8,10,16H2,1-3H3,(H,17,20). The zero-order chi connectivity index (χ0) is 15.8. The number of nitrogens with one attached hydrogen (secondary N) is 1. The summed E-state index contributed by atoms with van der Waals surface area (Å²) >= 11 is 0. The minimum atomic E-state index is -0.358. The molecule has 0 aliphatic heterocycles. The van der Waals surface area contributed by atoms with Crippen LogP contribution in [0, 0.1) is 0 Å². The van der Waals surface area contributed by atoms with Crippen molar-refractivity contribution >= 4 is 17.3 Å². The van der Waals surface area contributed by atoms with Gasteiger partial charge in [-0.25, -0.2) is 0 Å². The topological polar surface area (TPSA) is 87.8 Å². The third-order valence-electron chi connectivity index (χ3n) is 3.05. The first-order chi connectivity index (χ1) is 9.92. The molecule has 0 bridgehead atoms. The van der Waals surface area contributed by atoms with Gasteiger partial charge in [-0.05, 0) is 39.1 Å². The molecule has 0 heterocycles. The van der Waals surface area contributed by atoms with Gasteiger partial charge in [-0.15, -0.1) is 0 Å². The highest BCUT2D eigenvalue weighted by molar-refractivity contribution is 5.93. The smallest absolute Gasteiger partial charge is 0.224 e. The predicted molar refractivity (Wildman–Crippen MR) is 84.4 cm³/mol. The Morgan fingerprint density at radius 2 is 2.24 bits per heavy atom. The summed E-state index contributed by atoms with van der Waals surface area (Å²) in [5, 5.41) is 12.0. The lowest BCUT2D eigenvalue weighted by Crippen LogP contribution is -2.28. The number of carbonyl (C=O) groups excluding carboxylic acids is 1. The van der Waals surface area contributed by atoms with E-state index in [4.69, 9.17) is 10.5 Å². The Balaban J connectivity index is 2.37. The van der Waals surface area contributed by atoms with Gasteiger partial charge in [0.2, 0.25) is 5.91 Å². The maximum atomic E-state index is 11.9. The molecule has 6 heteroatoms. The van der Waals surface area contributed by atoms with Crippen molar-refractivity contribution in [3.8, 4) is 5.75 Å². The van der Waals surface area contributed by atoms with Crippen LogP contribution in [0.1, 0.15) is 19.8 Å². The Kier molecular flexibility index (Phi) is 6.98. The molecule has 1 unspecified atom stereocenters. The molecule has 0 aliphatic rings. The maximum Gasteiger partial charge on any atom is 0.224 e. The molecule has 1 rings (SSSR count). The van der Waals surface area contributed by atoms with Crippen molar-refractivity contribution in [3.05, 3.63) is 18.2 Å². The van der Waals surface area contributed by atoms with Crippen LogP contribution >= 0.6 is 0 Å². The summed E-state index contributed by atoms with van der Waals surface area (Å²) in [6.45, 7) is 3.11. The monoisotopic (exact) mass is 295 g/mol. The highest BCUT2D eigenvalue weighted by Gasteiger charge is 2.08. The molecule has 4 N–H and O–H groups in total. The van der Waals surface area contributed by atoms with Crippen LogP contribution in [0.2, 0.25) is 0 Å². The average Bonchev–Trinajstić information content (AvgIpc) is 2.40. The summed E-state index contributed by atoms with van der Waals surface area (Å²) in [5.74, 6) is 0.586. The summed E-state index contributed by atoms with van der Waals surface area (Å²) < 4.78 is 5.06. The number of anilines is 2. The van der Waals surface area contributed by atoms with E-state index in [2.05, 4.69) is 5.32 Å². The molecule has 1 amide bonds. The zero-order valence-electron chi connectivity index (χ0n) is 12.9. The first-order valence-electron chi connectivity index (χ1n) is 7.02. The number of amides is 1. The van der Waals surface area contributed by atoms with Crippen molar-refractivity contribution in [2.45, 2.75) is 25.9 Å². The number of rotatable bonds is 8. The molecule has 21 heavy (non-hydrogen) atoms. The van der Waals surface area contributed by atoms with E-state index in [-0.39, 0.29) is 12.0 Å². The molecule has 0 fully saturated rings. The van der Waals surface area contributed by atoms with Gasteiger partial charge in [-0.2, -0.15) is 0 Å². The SMILES string of the molecule is COc1ccc(NC(=O)CCCN(C)CC(C)O)c(N)c1. The lowest BCUT2D eigenvalue weighted by Gasteiger charge is -2.17. The van der Waals surface area contributed by atoms with Crippen molar-refractivity contribution in [1.29, 1.82) is 0 Å². The number of benzene rings is 1. The van der Waals surface area contributed by atoms with Gasteiger partial charge in [-0.3, -0.25) is 4.79 Å². The number of hydrogen-bond donors (Lipinski definition) is 3. The third-order valence-corrected chi connectivity index (χ3v) is 3.05. The number of hydrogen-bond acceptors (Lipinski definition) is 5. The van der Waals surface area contributed by atoms with Crippen LogP contribution in [-0.4, -0.2) is 49.3 Å². The Bertz CT molecular complexity index is 463. The van der Waals surface area contributed by atoms with Gasteiger partial charge in [0.05, 0.1) is 24.6 Å². The third kappa shape index (κ3) is 6.46. The summed E-state index contributed by atoms with van der Waals surface area (Å²) in [4.78, 5) is 13.9. The number of nitrogens with two attached hydrogens (primary N) is 1. The van der Waals surface area contributed by atoms with Crippen molar-refractivity contribution < 1.29 is 14.6 Å². The van der Waals surface area contributed by atoms with E-state index in [0.29, 0.717) is 30.1 Å². The van der Waals surface area contributed by atoms with Crippen molar-refractivity contribution in [3.63, 3.8) is 0 Å². The van der Waals surface area contributed by atoms with Gasteiger partial charge in [0.15, 0.2) is 0 Å². The summed E-state index contributed by atoms with van der Waals surface area (Å²) in [5.41, 5.74) is 6.92. The van der Waals surface area contributed by atoms with Crippen LogP contribution in [0.25, 0.3) is 0 Å². The zero-order valence-corrected chi connectivity index (χ0v) is 12.9. The van der Waals surface area contributed by atoms with Crippen LogP contribution < -0.4 is 15.8 Å². The molecule has 1 atom stereocenters. The van der Waals surface area contributed by atoms with Gasteiger partial charge in [-0.1, -0.05) is 0 Å². The number of ether oxygens (including phenoxy) is 1. The quantitative estimate of drug-likeness (QED) is 0.629. The largest absolute Gasteiger partial charge is 0.497 e. The molecule has 6 nitrogen and oxygen atoms in total. The lowest BCUT2D eigenvalue weighted by atomic mass is 10.2. The van der Waals surface area contributed by atoms with E-state index in [0.717, 1.165) is 13.0 Å². The van der Waals surface area contributed by atoms with E-state index < -0.39 is 0 Å². The number of aliphatic hydroxyl groups excluding tert-OH is 1. The first kappa shape index (κ1) is 17.3. The van der Waals surface area contributed by atoms with Crippen LogP contribution in [0.3, 0.4) is 0 Å². The molecule has 0 saturated heterocycles. The van der Waals surface area contributed by atoms with E-state index in [9.17, 15) is 9.90 Å². The Morgan fingerprint density at radius 1 is 1.52 bits per heavy atom. The molecule has 0 spiro atoms. The number of aliphatic hydroxyl groups is 1. The Labute approximate surface area is 125 Å². The van der Waals surface area contributed by atoms with E-state index in [1.807, 2.05) is 11.9 Å². The fourth-order valence-electron chi connectivity index (χ4n) is 2.05. The molecule has 0 aromatic heterocycles. The van der Waals surface area contributed by atoms with E-state index in [1.54, 1.807) is 32.2 Å². The molecule has 1 aromatic rings. The van der Waals surface area contributed by atoms with E-state index in [1.165, 1.54) is 0 Å². The van der Waals surface area contributed by atoms with Crippen molar-refractivity contribution in [2.24, 2.45) is 0 Å². The second kappa shape index (κ2) is 8.49. The highest BCUT2D eigenvalue weighted by Crippen LogP contribution is 2.24. The van der Waals surface area contributed by atoms with Crippen LogP contribution in [0.5, 0.6) is 5.75 Å². The molecule has 1 aromatic carbocycles. The van der Waals surface area contributed by atoms with Gasteiger partial charge in [0.25, 0.3) is 0 Å². The fraction of sp³-hybridized carbons (Fsp3) is 0.533. The second-order valence-electron chi connectivity index (χ2n) is 5.22. The molecular formula is C15H25N3O3. The van der Waals surface area contributed by atoms with Crippen molar-refractivity contribution in [1.82, 2.24) is 4.90 Å². The predicted octanol–water partition coefficient (Wildman–Crippen LogP) is 1.31. The molecule has 0 aliphatic carbocycles. The maximum absolute atomic E-state index is 11.9. The fourth-order valence-corrected chi connectivity index (χ4v) is 2.05. The Morgan fingerprint density at radius 3 is 2.81 bits per heavy atom. The second-order valence-corrected chi connectivity index (χ2v) is 5.22.